The summed E-state index contributed by atoms with van der Waals surface area (Å²) >= 11 is 0. The highest BCUT2D eigenvalue weighted by molar-refractivity contribution is 7.89. The lowest BCUT2D eigenvalue weighted by Crippen LogP contribution is -2.35. The Morgan fingerprint density at radius 3 is 2.59 bits per heavy atom. The maximum atomic E-state index is 12.7. The predicted octanol–water partition coefficient (Wildman–Crippen LogP) is 0.940. The van der Waals surface area contributed by atoms with Crippen LogP contribution >= 0.6 is 0 Å². The molecule has 1 aliphatic heterocycles. The van der Waals surface area contributed by atoms with Crippen molar-refractivity contribution in [2.75, 3.05) is 13.1 Å². The van der Waals surface area contributed by atoms with Crippen molar-refractivity contribution >= 4 is 15.6 Å². The first-order chi connectivity index (χ1) is 10.4. The summed E-state index contributed by atoms with van der Waals surface area (Å²) in [4.78, 5) is 4.16. The summed E-state index contributed by atoms with van der Waals surface area (Å²) in [6.45, 7) is 2.61. The van der Waals surface area contributed by atoms with Crippen molar-refractivity contribution in [2.24, 2.45) is 14.1 Å². The monoisotopic (exact) mass is 321 g/mol. The second-order valence-corrected chi connectivity index (χ2v) is 7.38. The zero-order chi connectivity index (χ0) is 15.9. The number of aromatic nitrogens is 4. The van der Waals surface area contributed by atoms with Gasteiger partial charge >= 0.3 is 0 Å². The average Bonchev–Trinajstić information content (AvgIpc) is 3.06. The molecule has 0 aliphatic carbocycles. The first-order valence-electron chi connectivity index (χ1n) is 7.06. The molecule has 2 aromatic rings. The smallest absolute Gasteiger partial charge is 0.262 e. The predicted molar refractivity (Wildman–Crippen MR) is 82.5 cm³/mol. The summed E-state index contributed by atoms with van der Waals surface area (Å²) in [6.07, 6.45) is 7.98. The third-order valence-corrected chi connectivity index (χ3v) is 5.60. The second kappa shape index (κ2) is 5.36. The molecule has 8 heteroatoms. The van der Waals surface area contributed by atoms with Crippen LogP contribution in [0.5, 0.6) is 0 Å². The Morgan fingerprint density at radius 2 is 2.00 bits per heavy atom. The molecule has 22 heavy (non-hydrogen) atoms. The highest BCUT2D eigenvalue weighted by Crippen LogP contribution is 2.25. The molecule has 0 bridgehead atoms. The van der Waals surface area contributed by atoms with Crippen LogP contribution in [-0.4, -0.2) is 45.1 Å². The highest BCUT2D eigenvalue weighted by atomic mass is 32.2. The number of imidazole rings is 1. The van der Waals surface area contributed by atoms with Gasteiger partial charge in [0.05, 0.1) is 6.20 Å². The lowest BCUT2D eigenvalue weighted by Gasteiger charge is -2.25. The Kier molecular flexibility index (Phi) is 3.65. The summed E-state index contributed by atoms with van der Waals surface area (Å²) in [7, 11) is 0.0710. The van der Waals surface area contributed by atoms with Gasteiger partial charge in [0.2, 0.25) is 0 Å². The summed E-state index contributed by atoms with van der Waals surface area (Å²) < 4.78 is 30.4. The molecule has 0 spiro atoms. The third-order valence-electron chi connectivity index (χ3n) is 3.88. The minimum Gasteiger partial charge on any atom is -0.337 e. The molecule has 0 saturated heterocycles. The summed E-state index contributed by atoms with van der Waals surface area (Å²) in [5.41, 5.74) is 1.94. The van der Waals surface area contributed by atoms with E-state index in [4.69, 9.17) is 0 Å². The molecule has 2 aromatic heterocycles. The number of aryl methyl sites for hydroxylation is 3. The molecule has 0 atom stereocenters. The minimum absolute atomic E-state index is 0.111. The minimum atomic E-state index is -3.56. The Labute approximate surface area is 129 Å². The van der Waals surface area contributed by atoms with Crippen LogP contribution < -0.4 is 0 Å². The van der Waals surface area contributed by atoms with Crippen LogP contribution in [0.4, 0.5) is 0 Å². The Balaban J connectivity index is 1.88. The van der Waals surface area contributed by atoms with Crippen molar-refractivity contribution in [3.05, 3.63) is 36.1 Å². The standard InChI is InChI=1S/C14H19N5O2S/c1-11-16-14(10-17(11)2)22(20,21)19-6-4-5-12(9-19)13-7-15-18(3)8-13/h5,7-8,10H,4,6,9H2,1-3H3. The van der Waals surface area contributed by atoms with E-state index in [0.717, 1.165) is 11.1 Å². The van der Waals surface area contributed by atoms with Gasteiger partial charge in [-0.05, 0) is 18.9 Å². The van der Waals surface area contributed by atoms with Crippen molar-refractivity contribution in [3.8, 4) is 0 Å². The van der Waals surface area contributed by atoms with Gasteiger partial charge in [0, 0.05) is 45.1 Å². The number of hydrogen-bond acceptors (Lipinski definition) is 4. The van der Waals surface area contributed by atoms with E-state index >= 15 is 0 Å². The molecule has 7 nitrogen and oxygen atoms in total. The van der Waals surface area contributed by atoms with Crippen molar-refractivity contribution in [1.29, 1.82) is 0 Å². The van der Waals surface area contributed by atoms with E-state index < -0.39 is 10.0 Å². The molecule has 3 heterocycles. The summed E-state index contributed by atoms with van der Waals surface area (Å²) in [5.74, 6) is 0.679. The molecule has 0 amide bonds. The van der Waals surface area contributed by atoms with E-state index in [1.54, 1.807) is 35.6 Å². The van der Waals surface area contributed by atoms with Gasteiger partial charge in [0.25, 0.3) is 10.0 Å². The van der Waals surface area contributed by atoms with E-state index in [9.17, 15) is 8.42 Å². The topological polar surface area (TPSA) is 73.0 Å². The van der Waals surface area contributed by atoms with Crippen LogP contribution in [0.15, 0.2) is 29.7 Å². The lowest BCUT2D eigenvalue weighted by molar-refractivity contribution is 0.441. The van der Waals surface area contributed by atoms with Crippen LogP contribution in [-0.2, 0) is 24.1 Å². The lowest BCUT2D eigenvalue weighted by atomic mass is 10.1. The van der Waals surface area contributed by atoms with E-state index in [0.29, 0.717) is 25.3 Å². The maximum absolute atomic E-state index is 12.7. The van der Waals surface area contributed by atoms with Crippen LogP contribution in [0.25, 0.3) is 5.57 Å². The van der Waals surface area contributed by atoms with E-state index in [2.05, 4.69) is 16.2 Å². The first kappa shape index (κ1) is 15.0. The highest BCUT2D eigenvalue weighted by Gasteiger charge is 2.29. The molecule has 0 N–H and O–H groups in total. The van der Waals surface area contributed by atoms with Crippen molar-refractivity contribution in [2.45, 2.75) is 18.4 Å². The molecular weight excluding hydrogens is 302 g/mol. The molecule has 0 fully saturated rings. The van der Waals surface area contributed by atoms with Gasteiger partial charge in [-0.2, -0.15) is 9.40 Å². The molecule has 0 saturated carbocycles. The number of rotatable bonds is 3. The van der Waals surface area contributed by atoms with Crippen LogP contribution in [0.2, 0.25) is 0 Å². The fourth-order valence-corrected chi connectivity index (χ4v) is 3.96. The molecule has 0 unspecified atom stereocenters. The van der Waals surface area contributed by atoms with Crippen molar-refractivity contribution in [1.82, 2.24) is 23.6 Å². The van der Waals surface area contributed by atoms with Gasteiger partial charge < -0.3 is 4.57 Å². The Morgan fingerprint density at radius 1 is 1.23 bits per heavy atom. The van der Waals surface area contributed by atoms with Crippen molar-refractivity contribution in [3.63, 3.8) is 0 Å². The van der Waals surface area contributed by atoms with E-state index in [1.807, 2.05) is 13.2 Å². The van der Waals surface area contributed by atoms with Crippen LogP contribution in [0.3, 0.4) is 0 Å². The summed E-state index contributed by atoms with van der Waals surface area (Å²) in [6, 6.07) is 0. The first-order valence-corrected chi connectivity index (χ1v) is 8.50. The molecule has 1 aliphatic rings. The molecule has 0 aromatic carbocycles. The molecule has 0 radical (unpaired) electrons. The second-order valence-electron chi connectivity index (χ2n) is 5.50. The van der Waals surface area contributed by atoms with Crippen LogP contribution in [0, 0.1) is 6.92 Å². The Hall–Kier alpha value is -1.93. The van der Waals surface area contributed by atoms with Gasteiger partial charge in [-0.1, -0.05) is 6.08 Å². The van der Waals surface area contributed by atoms with E-state index in [1.165, 1.54) is 4.31 Å². The van der Waals surface area contributed by atoms with Crippen molar-refractivity contribution < 1.29 is 8.42 Å². The van der Waals surface area contributed by atoms with Gasteiger partial charge in [-0.25, -0.2) is 13.4 Å². The molecule has 3 rings (SSSR count). The van der Waals surface area contributed by atoms with E-state index in [-0.39, 0.29) is 5.03 Å². The third kappa shape index (κ3) is 2.59. The zero-order valence-electron chi connectivity index (χ0n) is 12.9. The fourth-order valence-electron chi connectivity index (χ4n) is 2.50. The number of sulfonamides is 1. The van der Waals surface area contributed by atoms with Gasteiger partial charge in [-0.3, -0.25) is 4.68 Å². The number of nitrogens with zero attached hydrogens (tertiary/aromatic N) is 5. The molecule has 118 valence electrons. The number of hydrogen-bond donors (Lipinski definition) is 0. The SMILES string of the molecule is Cc1nc(S(=O)(=O)N2CCC=C(c3cnn(C)c3)C2)cn1C. The zero-order valence-corrected chi connectivity index (χ0v) is 13.7. The van der Waals surface area contributed by atoms with Gasteiger partial charge in [0.15, 0.2) is 5.03 Å². The summed E-state index contributed by atoms with van der Waals surface area (Å²) in [5, 5.41) is 4.26. The van der Waals surface area contributed by atoms with Gasteiger partial charge in [-0.15, -0.1) is 0 Å². The van der Waals surface area contributed by atoms with Crippen LogP contribution in [0.1, 0.15) is 17.8 Å². The largest absolute Gasteiger partial charge is 0.337 e. The average molecular weight is 321 g/mol. The molecular formula is C14H19N5O2S. The Bertz CT molecular complexity index is 812. The quantitative estimate of drug-likeness (QED) is 0.843. The fraction of sp³-hybridized carbons (Fsp3) is 0.429. The normalized spacial score (nSPS) is 16.8. The maximum Gasteiger partial charge on any atom is 0.262 e. The van der Waals surface area contributed by atoms with Gasteiger partial charge in [0.1, 0.15) is 5.82 Å².